The molecule has 0 aliphatic heterocycles. The van der Waals surface area contributed by atoms with Crippen molar-refractivity contribution in [1.82, 2.24) is 15.5 Å². The molecular weight excluding hydrogens is 404 g/mol. The number of carbonyl (C=O) groups is 2. The molecule has 0 unspecified atom stereocenters. The van der Waals surface area contributed by atoms with Gasteiger partial charge in [0, 0.05) is 24.2 Å². The SMILES string of the molecule is CC(C)(C(=O)Nc1cc(C2CC(OC(=O)NCc3ccccc3)C2)[nH]n1)c1ccccc1. The third kappa shape index (κ3) is 4.99. The Labute approximate surface area is 187 Å². The molecule has 0 saturated heterocycles. The van der Waals surface area contributed by atoms with Crippen molar-refractivity contribution in [3.05, 3.63) is 83.6 Å². The Kier molecular flexibility index (Phi) is 6.25. The second-order valence-electron chi connectivity index (χ2n) is 8.69. The first-order valence-corrected chi connectivity index (χ1v) is 10.8. The first kappa shape index (κ1) is 21.6. The van der Waals surface area contributed by atoms with Crippen LogP contribution in [0.25, 0.3) is 0 Å². The molecule has 1 saturated carbocycles. The van der Waals surface area contributed by atoms with E-state index in [0.717, 1.165) is 29.7 Å². The molecule has 1 aromatic heterocycles. The summed E-state index contributed by atoms with van der Waals surface area (Å²) < 4.78 is 5.47. The third-order valence-corrected chi connectivity index (χ3v) is 5.99. The zero-order chi connectivity index (χ0) is 22.6. The second-order valence-corrected chi connectivity index (χ2v) is 8.69. The number of amides is 2. The Morgan fingerprint density at radius 1 is 1.06 bits per heavy atom. The Morgan fingerprint density at radius 3 is 2.41 bits per heavy atom. The molecule has 2 aromatic carbocycles. The maximum Gasteiger partial charge on any atom is 0.407 e. The van der Waals surface area contributed by atoms with Crippen LogP contribution in [0, 0.1) is 0 Å². The van der Waals surface area contributed by atoms with Gasteiger partial charge in [0.15, 0.2) is 5.82 Å². The van der Waals surface area contributed by atoms with Crippen LogP contribution in [-0.4, -0.2) is 28.3 Å². The van der Waals surface area contributed by atoms with Crippen LogP contribution in [0.5, 0.6) is 0 Å². The van der Waals surface area contributed by atoms with Gasteiger partial charge in [-0.25, -0.2) is 4.79 Å². The molecule has 3 aromatic rings. The summed E-state index contributed by atoms with van der Waals surface area (Å²) in [5.41, 5.74) is 2.22. The monoisotopic (exact) mass is 432 g/mol. The number of hydrogen-bond acceptors (Lipinski definition) is 4. The molecule has 1 aliphatic carbocycles. The van der Waals surface area contributed by atoms with E-state index in [2.05, 4.69) is 20.8 Å². The number of nitrogens with zero attached hydrogens (tertiary/aromatic N) is 1. The largest absolute Gasteiger partial charge is 0.446 e. The van der Waals surface area contributed by atoms with Crippen LogP contribution in [0.4, 0.5) is 10.6 Å². The number of carbonyl (C=O) groups excluding carboxylic acids is 2. The highest BCUT2D eigenvalue weighted by Gasteiger charge is 2.35. The maximum atomic E-state index is 12.8. The minimum atomic E-state index is -0.678. The lowest BCUT2D eigenvalue weighted by Gasteiger charge is -2.33. The van der Waals surface area contributed by atoms with Crippen molar-refractivity contribution in [2.45, 2.75) is 50.7 Å². The standard InChI is InChI=1S/C25H28N4O3/c1-25(2,19-11-7-4-8-12-19)23(30)27-22-15-21(28-29-22)18-13-20(14-18)32-24(31)26-16-17-9-5-3-6-10-17/h3-12,15,18,20H,13-14,16H2,1-2H3,(H,26,31)(H2,27,28,29,30). The normalized spacial score (nSPS) is 17.8. The molecule has 0 bridgehead atoms. The minimum absolute atomic E-state index is 0.117. The molecule has 1 fully saturated rings. The van der Waals surface area contributed by atoms with E-state index in [1.807, 2.05) is 80.6 Å². The van der Waals surface area contributed by atoms with Crippen molar-refractivity contribution in [3.8, 4) is 0 Å². The third-order valence-electron chi connectivity index (χ3n) is 5.99. The van der Waals surface area contributed by atoms with E-state index in [0.29, 0.717) is 12.4 Å². The van der Waals surface area contributed by atoms with Gasteiger partial charge >= 0.3 is 6.09 Å². The van der Waals surface area contributed by atoms with Gasteiger partial charge in [-0.05, 0) is 37.8 Å². The van der Waals surface area contributed by atoms with E-state index in [1.165, 1.54) is 0 Å². The smallest absolute Gasteiger partial charge is 0.407 e. The van der Waals surface area contributed by atoms with E-state index in [9.17, 15) is 9.59 Å². The molecule has 166 valence electrons. The molecule has 32 heavy (non-hydrogen) atoms. The highest BCUT2D eigenvalue weighted by molar-refractivity contribution is 5.97. The lowest BCUT2D eigenvalue weighted by molar-refractivity contribution is -0.120. The van der Waals surface area contributed by atoms with Gasteiger partial charge in [0.25, 0.3) is 0 Å². The Balaban J connectivity index is 1.24. The summed E-state index contributed by atoms with van der Waals surface area (Å²) >= 11 is 0. The predicted octanol–water partition coefficient (Wildman–Crippen LogP) is 4.50. The highest BCUT2D eigenvalue weighted by atomic mass is 16.6. The molecule has 2 amide bonds. The number of aromatic amines is 1. The molecular formula is C25H28N4O3. The summed E-state index contributed by atoms with van der Waals surface area (Å²) in [5.74, 6) is 0.604. The first-order valence-electron chi connectivity index (χ1n) is 10.8. The van der Waals surface area contributed by atoms with Gasteiger partial charge in [-0.1, -0.05) is 60.7 Å². The number of benzene rings is 2. The van der Waals surface area contributed by atoms with Gasteiger partial charge < -0.3 is 15.4 Å². The molecule has 1 heterocycles. The quantitative estimate of drug-likeness (QED) is 0.512. The molecule has 0 radical (unpaired) electrons. The summed E-state index contributed by atoms with van der Waals surface area (Å²) in [4.78, 5) is 24.8. The number of nitrogens with one attached hydrogen (secondary N) is 3. The Hall–Kier alpha value is -3.61. The van der Waals surface area contributed by atoms with Crippen LogP contribution in [0.15, 0.2) is 66.7 Å². The van der Waals surface area contributed by atoms with Gasteiger partial charge in [-0.3, -0.25) is 9.89 Å². The average Bonchev–Trinajstić information content (AvgIpc) is 3.23. The van der Waals surface area contributed by atoms with E-state index in [1.54, 1.807) is 0 Å². The van der Waals surface area contributed by atoms with E-state index < -0.39 is 11.5 Å². The van der Waals surface area contributed by atoms with Gasteiger partial charge in [0.1, 0.15) is 6.10 Å². The summed E-state index contributed by atoms with van der Waals surface area (Å²) in [5, 5.41) is 12.9. The van der Waals surface area contributed by atoms with Crippen LogP contribution in [0.1, 0.15) is 49.4 Å². The van der Waals surface area contributed by atoms with Crippen LogP contribution in [0.2, 0.25) is 0 Å². The molecule has 4 rings (SSSR count). The van der Waals surface area contributed by atoms with Crippen molar-refractivity contribution >= 4 is 17.8 Å². The molecule has 7 heteroatoms. The van der Waals surface area contributed by atoms with Crippen LogP contribution in [0.3, 0.4) is 0 Å². The maximum absolute atomic E-state index is 12.8. The van der Waals surface area contributed by atoms with Crippen molar-refractivity contribution in [2.75, 3.05) is 5.32 Å². The van der Waals surface area contributed by atoms with E-state index in [4.69, 9.17) is 4.74 Å². The molecule has 1 aliphatic rings. The van der Waals surface area contributed by atoms with Crippen molar-refractivity contribution in [1.29, 1.82) is 0 Å². The number of H-pyrrole nitrogens is 1. The number of rotatable bonds is 7. The van der Waals surface area contributed by atoms with Gasteiger partial charge in [-0.15, -0.1) is 0 Å². The van der Waals surface area contributed by atoms with Crippen LogP contribution >= 0.6 is 0 Å². The number of anilines is 1. The summed E-state index contributed by atoms with van der Waals surface area (Å²) in [6.07, 6.45) is 0.931. The lowest BCUT2D eigenvalue weighted by atomic mass is 9.80. The highest BCUT2D eigenvalue weighted by Crippen LogP contribution is 2.38. The summed E-state index contributed by atoms with van der Waals surface area (Å²) in [7, 11) is 0. The van der Waals surface area contributed by atoms with Crippen LogP contribution in [-0.2, 0) is 21.5 Å². The Morgan fingerprint density at radius 2 is 1.72 bits per heavy atom. The number of ether oxygens (including phenoxy) is 1. The molecule has 7 nitrogen and oxygen atoms in total. The number of alkyl carbamates (subject to hydrolysis) is 1. The van der Waals surface area contributed by atoms with E-state index >= 15 is 0 Å². The molecule has 3 N–H and O–H groups in total. The van der Waals surface area contributed by atoms with Crippen molar-refractivity contribution in [3.63, 3.8) is 0 Å². The predicted molar refractivity (Wildman–Crippen MR) is 122 cm³/mol. The Bertz CT molecular complexity index is 1060. The minimum Gasteiger partial charge on any atom is -0.446 e. The van der Waals surface area contributed by atoms with Crippen molar-refractivity contribution in [2.24, 2.45) is 0 Å². The fourth-order valence-corrected chi connectivity index (χ4v) is 3.75. The fourth-order valence-electron chi connectivity index (χ4n) is 3.75. The van der Waals surface area contributed by atoms with E-state index in [-0.39, 0.29) is 17.9 Å². The number of hydrogen-bond donors (Lipinski definition) is 3. The van der Waals surface area contributed by atoms with Crippen molar-refractivity contribution < 1.29 is 14.3 Å². The zero-order valence-corrected chi connectivity index (χ0v) is 18.3. The van der Waals surface area contributed by atoms with Gasteiger partial charge in [0.2, 0.25) is 5.91 Å². The van der Waals surface area contributed by atoms with Gasteiger partial charge in [0.05, 0.1) is 5.41 Å². The summed E-state index contributed by atoms with van der Waals surface area (Å²) in [6.45, 7) is 4.22. The second kappa shape index (κ2) is 9.26. The number of aromatic nitrogens is 2. The summed E-state index contributed by atoms with van der Waals surface area (Å²) in [6, 6.07) is 21.2. The average molecular weight is 433 g/mol. The topological polar surface area (TPSA) is 96.1 Å². The van der Waals surface area contributed by atoms with Crippen LogP contribution < -0.4 is 10.6 Å². The van der Waals surface area contributed by atoms with Gasteiger partial charge in [-0.2, -0.15) is 5.10 Å². The zero-order valence-electron chi connectivity index (χ0n) is 18.3. The lowest BCUT2D eigenvalue weighted by Crippen LogP contribution is -2.36. The molecule has 0 spiro atoms. The first-order chi connectivity index (χ1) is 15.4. The fraction of sp³-hybridized carbons (Fsp3) is 0.320. The molecule has 0 atom stereocenters.